The zero-order valence-corrected chi connectivity index (χ0v) is 11.8. The number of anilines is 2. The zero-order valence-electron chi connectivity index (χ0n) is 11.8. The van der Waals surface area contributed by atoms with Crippen LogP contribution >= 0.6 is 0 Å². The monoisotopic (exact) mass is 268 g/mol. The molecule has 1 unspecified atom stereocenters. The summed E-state index contributed by atoms with van der Waals surface area (Å²) in [5.41, 5.74) is 9.25. The Morgan fingerprint density at radius 2 is 2.00 bits per heavy atom. The number of nitrogens with two attached hydrogens (primary N) is 1. The molecule has 0 aromatic heterocycles. The lowest BCUT2D eigenvalue weighted by atomic mass is 9.98. The molecule has 3 heteroatoms. The SMILES string of the molecule is COc1ccccc1N1CCC(c2cccc(N)c2)C1. The highest BCUT2D eigenvalue weighted by Crippen LogP contribution is 2.35. The van der Waals surface area contributed by atoms with Crippen LogP contribution in [0.2, 0.25) is 0 Å². The number of benzene rings is 2. The molecule has 104 valence electrons. The third-order valence-corrected chi connectivity index (χ3v) is 4.00. The van der Waals surface area contributed by atoms with E-state index in [0.29, 0.717) is 5.92 Å². The molecule has 1 fully saturated rings. The number of ether oxygens (including phenoxy) is 1. The fraction of sp³-hybridized carbons (Fsp3) is 0.294. The van der Waals surface area contributed by atoms with Gasteiger partial charge in [0.1, 0.15) is 5.75 Å². The van der Waals surface area contributed by atoms with Crippen molar-refractivity contribution in [2.45, 2.75) is 12.3 Å². The van der Waals surface area contributed by atoms with Gasteiger partial charge in [-0.25, -0.2) is 0 Å². The summed E-state index contributed by atoms with van der Waals surface area (Å²) in [7, 11) is 1.73. The van der Waals surface area contributed by atoms with Gasteiger partial charge in [0.25, 0.3) is 0 Å². The van der Waals surface area contributed by atoms with Gasteiger partial charge in [-0.1, -0.05) is 24.3 Å². The molecule has 2 aromatic carbocycles. The molecule has 0 radical (unpaired) electrons. The summed E-state index contributed by atoms with van der Waals surface area (Å²) in [5.74, 6) is 1.49. The molecule has 1 heterocycles. The maximum atomic E-state index is 5.88. The number of para-hydroxylation sites is 2. The van der Waals surface area contributed by atoms with Crippen molar-refractivity contribution in [3.05, 3.63) is 54.1 Å². The second-order valence-electron chi connectivity index (χ2n) is 5.27. The predicted octanol–water partition coefficient (Wildman–Crippen LogP) is 3.27. The lowest BCUT2D eigenvalue weighted by Crippen LogP contribution is -2.19. The van der Waals surface area contributed by atoms with Crippen LogP contribution in [-0.4, -0.2) is 20.2 Å². The molecule has 2 N–H and O–H groups in total. The van der Waals surface area contributed by atoms with Gasteiger partial charge < -0.3 is 15.4 Å². The Hall–Kier alpha value is -2.16. The summed E-state index contributed by atoms with van der Waals surface area (Å²) >= 11 is 0. The van der Waals surface area contributed by atoms with E-state index in [-0.39, 0.29) is 0 Å². The zero-order chi connectivity index (χ0) is 13.9. The Morgan fingerprint density at radius 1 is 1.15 bits per heavy atom. The van der Waals surface area contributed by atoms with Crippen molar-refractivity contribution in [3.63, 3.8) is 0 Å². The van der Waals surface area contributed by atoms with Crippen LogP contribution in [0.4, 0.5) is 11.4 Å². The smallest absolute Gasteiger partial charge is 0.142 e. The number of methoxy groups -OCH3 is 1. The van der Waals surface area contributed by atoms with Crippen LogP contribution in [0, 0.1) is 0 Å². The Kier molecular flexibility index (Phi) is 3.50. The molecule has 3 nitrogen and oxygen atoms in total. The molecule has 20 heavy (non-hydrogen) atoms. The Balaban J connectivity index is 1.80. The van der Waals surface area contributed by atoms with Gasteiger partial charge in [0.15, 0.2) is 0 Å². The van der Waals surface area contributed by atoms with Crippen molar-refractivity contribution in [1.29, 1.82) is 0 Å². The fourth-order valence-corrected chi connectivity index (χ4v) is 2.96. The van der Waals surface area contributed by atoms with E-state index in [1.54, 1.807) is 7.11 Å². The number of nitrogen functional groups attached to an aromatic ring is 1. The molecular formula is C17H20N2O. The number of hydrogen-bond acceptors (Lipinski definition) is 3. The summed E-state index contributed by atoms with van der Waals surface area (Å²) in [5, 5.41) is 0. The molecule has 2 aromatic rings. The first kappa shape index (κ1) is 12.9. The Bertz CT molecular complexity index is 597. The van der Waals surface area contributed by atoms with Crippen LogP contribution in [-0.2, 0) is 0 Å². The van der Waals surface area contributed by atoms with Gasteiger partial charge in [-0.3, -0.25) is 0 Å². The lowest BCUT2D eigenvalue weighted by molar-refractivity contribution is 0.415. The van der Waals surface area contributed by atoms with Gasteiger partial charge >= 0.3 is 0 Å². The second kappa shape index (κ2) is 5.45. The maximum Gasteiger partial charge on any atom is 0.142 e. The molecule has 0 amide bonds. The molecule has 1 aliphatic rings. The normalized spacial score (nSPS) is 18.2. The van der Waals surface area contributed by atoms with E-state index in [1.807, 2.05) is 24.3 Å². The van der Waals surface area contributed by atoms with Gasteiger partial charge in [0.2, 0.25) is 0 Å². The summed E-state index contributed by atoms with van der Waals surface area (Å²) in [6.45, 7) is 2.07. The van der Waals surface area contributed by atoms with Gasteiger partial charge in [-0.2, -0.15) is 0 Å². The minimum atomic E-state index is 0.545. The largest absolute Gasteiger partial charge is 0.495 e. The fourth-order valence-electron chi connectivity index (χ4n) is 2.96. The number of rotatable bonds is 3. The molecular weight excluding hydrogens is 248 g/mol. The highest BCUT2D eigenvalue weighted by molar-refractivity contribution is 5.59. The van der Waals surface area contributed by atoms with Gasteiger partial charge in [0, 0.05) is 24.7 Å². The van der Waals surface area contributed by atoms with Gasteiger partial charge in [-0.05, 0) is 36.2 Å². The minimum Gasteiger partial charge on any atom is -0.495 e. The van der Waals surface area contributed by atoms with Crippen LogP contribution in [0.3, 0.4) is 0 Å². The Labute approximate surface area is 120 Å². The highest BCUT2D eigenvalue weighted by atomic mass is 16.5. The Morgan fingerprint density at radius 3 is 2.80 bits per heavy atom. The average Bonchev–Trinajstić information content (AvgIpc) is 2.97. The topological polar surface area (TPSA) is 38.5 Å². The van der Waals surface area contributed by atoms with E-state index < -0.39 is 0 Å². The number of hydrogen-bond donors (Lipinski definition) is 1. The molecule has 0 saturated carbocycles. The predicted molar refractivity (Wildman–Crippen MR) is 83.4 cm³/mol. The molecule has 1 atom stereocenters. The second-order valence-corrected chi connectivity index (χ2v) is 5.27. The van der Waals surface area contributed by atoms with E-state index in [2.05, 4.69) is 29.2 Å². The average molecular weight is 268 g/mol. The third kappa shape index (κ3) is 2.44. The van der Waals surface area contributed by atoms with Crippen molar-refractivity contribution in [2.75, 3.05) is 30.8 Å². The molecule has 0 spiro atoms. The quantitative estimate of drug-likeness (QED) is 0.868. The van der Waals surface area contributed by atoms with Crippen molar-refractivity contribution in [1.82, 2.24) is 0 Å². The van der Waals surface area contributed by atoms with Crippen molar-refractivity contribution < 1.29 is 4.74 Å². The van der Waals surface area contributed by atoms with Crippen LogP contribution < -0.4 is 15.4 Å². The van der Waals surface area contributed by atoms with Crippen LogP contribution in [0.5, 0.6) is 5.75 Å². The molecule has 3 rings (SSSR count). The molecule has 1 aliphatic heterocycles. The maximum absolute atomic E-state index is 5.88. The van der Waals surface area contributed by atoms with Gasteiger partial charge in [0.05, 0.1) is 12.8 Å². The van der Waals surface area contributed by atoms with Crippen molar-refractivity contribution in [3.8, 4) is 5.75 Å². The summed E-state index contributed by atoms with van der Waals surface area (Å²) in [4.78, 5) is 2.40. The number of nitrogens with zero attached hydrogens (tertiary/aromatic N) is 1. The third-order valence-electron chi connectivity index (χ3n) is 4.00. The molecule has 0 aliphatic carbocycles. The summed E-state index contributed by atoms with van der Waals surface area (Å²) in [6.07, 6.45) is 1.15. The van der Waals surface area contributed by atoms with E-state index in [1.165, 1.54) is 11.3 Å². The van der Waals surface area contributed by atoms with Gasteiger partial charge in [-0.15, -0.1) is 0 Å². The van der Waals surface area contributed by atoms with E-state index in [0.717, 1.165) is 30.9 Å². The minimum absolute atomic E-state index is 0.545. The van der Waals surface area contributed by atoms with Crippen LogP contribution in [0.1, 0.15) is 17.9 Å². The van der Waals surface area contributed by atoms with Crippen LogP contribution in [0.15, 0.2) is 48.5 Å². The van der Waals surface area contributed by atoms with Crippen molar-refractivity contribution in [2.24, 2.45) is 0 Å². The van der Waals surface area contributed by atoms with Crippen LogP contribution in [0.25, 0.3) is 0 Å². The van der Waals surface area contributed by atoms with E-state index in [9.17, 15) is 0 Å². The van der Waals surface area contributed by atoms with E-state index in [4.69, 9.17) is 10.5 Å². The standard InChI is InChI=1S/C17H20N2O/c1-20-17-8-3-2-7-16(17)19-10-9-14(12-19)13-5-4-6-15(18)11-13/h2-8,11,14H,9-10,12,18H2,1H3. The molecule has 0 bridgehead atoms. The summed E-state index contributed by atoms with van der Waals surface area (Å²) < 4.78 is 5.46. The lowest BCUT2D eigenvalue weighted by Gasteiger charge is -2.21. The first-order valence-corrected chi connectivity index (χ1v) is 7.01. The van der Waals surface area contributed by atoms with Crippen molar-refractivity contribution >= 4 is 11.4 Å². The van der Waals surface area contributed by atoms with E-state index >= 15 is 0 Å². The first-order chi connectivity index (χ1) is 9.78. The summed E-state index contributed by atoms with van der Waals surface area (Å²) in [6, 6.07) is 16.5. The first-order valence-electron chi connectivity index (χ1n) is 7.01. The highest BCUT2D eigenvalue weighted by Gasteiger charge is 2.25. The molecule has 1 saturated heterocycles.